The predicted molar refractivity (Wildman–Crippen MR) is 123 cm³/mol. The van der Waals surface area contributed by atoms with Crippen molar-refractivity contribution < 1.29 is 9.72 Å². The van der Waals surface area contributed by atoms with Crippen LogP contribution < -0.4 is 5.32 Å². The Bertz CT molecular complexity index is 1090. The van der Waals surface area contributed by atoms with Crippen LogP contribution in [-0.4, -0.2) is 38.6 Å². The standard InChI is InChI=1S/C24H27N5O3/c1-27(19-8-3-2-4-9-19)17-18-7-5-6-10-22(18)25-24(30)23-15-16-28(26-23)20-11-13-21(14-12-20)29(31)32/h5-7,10-16,19H,2-4,8-9,17H2,1H3,(H,25,30). The Morgan fingerprint density at radius 2 is 1.84 bits per heavy atom. The summed E-state index contributed by atoms with van der Waals surface area (Å²) < 4.78 is 1.53. The highest BCUT2D eigenvalue weighted by molar-refractivity contribution is 6.03. The fourth-order valence-corrected chi connectivity index (χ4v) is 4.20. The molecule has 0 atom stereocenters. The molecule has 1 N–H and O–H groups in total. The van der Waals surface area contributed by atoms with Crippen LogP contribution in [-0.2, 0) is 6.54 Å². The number of amides is 1. The fourth-order valence-electron chi connectivity index (χ4n) is 4.20. The van der Waals surface area contributed by atoms with Crippen molar-refractivity contribution in [3.05, 3.63) is 82.2 Å². The summed E-state index contributed by atoms with van der Waals surface area (Å²) >= 11 is 0. The zero-order valence-electron chi connectivity index (χ0n) is 18.1. The molecule has 3 aromatic rings. The second-order valence-electron chi connectivity index (χ2n) is 8.24. The van der Waals surface area contributed by atoms with Crippen LogP contribution in [0.15, 0.2) is 60.8 Å². The highest BCUT2D eigenvalue weighted by Gasteiger charge is 2.19. The quantitative estimate of drug-likeness (QED) is 0.427. The number of nitro groups is 1. The van der Waals surface area contributed by atoms with E-state index in [1.54, 1.807) is 24.4 Å². The Morgan fingerprint density at radius 3 is 2.56 bits per heavy atom. The van der Waals surface area contributed by atoms with Gasteiger partial charge in [-0.1, -0.05) is 37.5 Å². The number of nitrogens with one attached hydrogen (secondary N) is 1. The summed E-state index contributed by atoms with van der Waals surface area (Å²) in [5.74, 6) is -0.293. The molecular weight excluding hydrogens is 406 g/mol. The number of carbonyl (C=O) groups excluding carboxylic acids is 1. The lowest BCUT2D eigenvalue weighted by atomic mass is 9.94. The first-order valence-corrected chi connectivity index (χ1v) is 10.9. The summed E-state index contributed by atoms with van der Waals surface area (Å²) in [6.07, 6.45) is 8.01. The summed E-state index contributed by atoms with van der Waals surface area (Å²) in [4.78, 5) is 25.6. The molecule has 1 amide bonds. The molecule has 0 radical (unpaired) electrons. The Kier molecular flexibility index (Phi) is 6.61. The number of aromatic nitrogens is 2. The predicted octanol–water partition coefficient (Wildman–Crippen LogP) is 4.80. The van der Waals surface area contributed by atoms with Gasteiger partial charge in [-0.25, -0.2) is 4.68 Å². The molecule has 0 bridgehead atoms. The molecule has 1 heterocycles. The van der Waals surface area contributed by atoms with Crippen molar-refractivity contribution in [2.24, 2.45) is 0 Å². The molecule has 0 spiro atoms. The van der Waals surface area contributed by atoms with Crippen molar-refractivity contribution in [3.63, 3.8) is 0 Å². The van der Waals surface area contributed by atoms with Gasteiger partial charge >= 0.3 is 0 Å². The number of rotatable bonds is 7. The lowest BCUT2D eigenvalue weighted by molar-refractivity contribution is -0.384. The van der Waals surface area contributed by atoms with Crippen molar-refractivity contribution in [1.29, 1.82) is 0 Å². The van der Waals surface area contributed by atoms with Crippen LogP contribution in [0.5, 0.6) is 0 Å². The molecular formula is C24H27N5O3. The zero-order chi connectivity index (χ0) is 22.5. The SMILES string of the molecule is CN(Cc1ccccc1NC(=O)c1ccn(-c2ccc([N+](=O)[O-])cc2)n1)C1CCCCC1. The van der Waals surface area contributed by atoms with Crippen molar-refractivity contribution >= 4 is 17.3 Å². The molecule has 1 aliphatic carbocycles. The Morgan fingerprint density at radius 1 is 1.12 bits per heavy atom. The summed E-state index contributed by atoms with van der Waals surface area (Å²) in [7, 11) is 2.15. The zero-order valence-corrected chi connectivity index (χ0v) is 18.1. The van der Waals surface area contributed by atoms with Crippen molar-refractivity contribution in [2.75, 3.05) is 12.4 Å². The second-order valence-corrected chi connectivity index (χ2v) is 8.24. The third-order valence-corrected chi connectivity index (χ3v) is 6.03. The number of benzene rings is 2. The number of non-ortho nitro benzene ring substituents is 1. The van der Waals surface area contributed by atoms with E-state index in [4.69, 9.17) is 0 Å². The van der Waals surface area contributed by atoms with Gasteiger partial charge in [-0.3, -0.25) is 19.8 Å². The van der Waals surface area contributed by atoms with E-state index in [1.165, 1.54) is 48.9 Å². The molecule has 0 aliphatic heterocycles. The molecule has 32 heavy (non-hydrogen) atoms. The fraction of sp³-hybridized carbons (Fsp3) is 0.333. The molecule has 8 heteroatoms. The van der Waals surface area contributed by atoms with Crippen molar-refractivity contribution in [2.45, 2.75) is 44.7 Å². The number of nitrogens with zero attached hydrogens (tertiary/aromatic N) is 4. The van der Waals surface area contributed by atoms with E-state index in [-0.39, 0.29) is 17.3 Å². The summed E-state index contributed by atoms with van der Waals surface area (Å²) in [6, 6.07) is 16.1. The van der Waals surface area contributed by atoms with Gasteiger partial charge in [-0.05, 0) is 49.7 Å². The van der Waals surface area contributed by atoms with Crippen LogP contribution in [0, 0.1) is 10.1 Å². The topological polar surface area (TPSA) is 93.3 Å². The molecule has 2 aromatic carbocycles. The largest absolute Gasteiger partial charge is 0.320 e. The van der Waals surface area contributed by atoms with E-state index in [0.717, 1.165) is 17.8 Å². The molecule has 0 saturated heterocycles. The minimum absolute atomic E-state index is 0.00803. The molecule has 1 aliphatic rings. The first kappa shape index (κ1) is 21.7. The maximum absolute atomic E-state index is 12.9. The molecule has 0 unspecified atom stereocenters. The van der Waals surface area contributed by atoms with Crippen LogP contribution >= 0.6 is 0 Å². The van der Waals surface area contributed by atoms with E-state index < -0.39 is 4.92 Å². The summed E-state index contributed by atoms with van der Waals surface area (Å²) in [5, 5.41) is 18.2. The number of carbonyl (C=O) groups is 1. The first-order valence-electron chi connectivity index (χ1n) is 10.9. The number of nitro benzene ring substituents is 1. The van der Waals surface area contributed by atoms with Crippen LogP contribution in [0.4, 0.5) is 11.4 Å². The third-order valence-electron chi connectivity index (χ3n) is 6.03. The van der Waals surface area contributed by atoms with E-state index in [2.05, 4.69) is 22.4 Å². The summed E-state index contributed by atoms with van der Waals surface area (Å²) in [5.41, 5.74) is 2.78. The van der Waals surface area contributed by atoms with Gasteiger partial charge in [0, 0.05) is 36.6 Å². The van der Waals surface area contributed by atoms with Crippen LogP contribution in [0.3, 0.4) is 0 Å². The van der Waals surface area contributed by atoms with E-state index in [9.17, 15) is 14.9 Å². The molecule has 4 rings (SSSR count). The first-order chi connectivity index (χ1) is 15.5. The number of hydrogen-bond donors (Lipinski definition) is 1. The minimum Gasteiger partial charge on any atom is -0.320 e. The normalized spacial score (nSPS) is 14.4. The van der Waals surface area contributed by atoms with Gasteiger partial charge in [0.2, 0.25) is 0 Å². The molecule has 8 nitrogen and oxygen atoms in total. The Labute approximate surface area is 187 Å². The number of para-hydroxylation sites is 1. The smallest absolute Gasteiger partial charge is 0.276 e. The molecule has 1 saturated carbocycles. The lowest BCUT2D eigenvalue weighted by Gasteiger charge is -2.31. The van der Waals surface area contributed by atoms with Crippen LogP contribution in [0.2, 0.25) is 0 Å². The van der Waals surface area contributed by atoms with Crippen LogP contribution in [0.1, 0.15) is 48.2 Å². The molecule has 1 aromatic heterocycles. The van der Waals surface area contributed by atoms with Gasteiger partial charge in [-0.2, -0.15) is 5.10 Å². The van der Waals surface area contributed by atoms with Gasteiger partial charge in [0.25, 0.3) is 11.6 Å². The Balaban J connectivity index is 1.45. The van der Waals surface area contributed by atoms with E-state index in [0.29, 0.717) is 11.7 Å². The molecule has 166 valence electrons. The van der Waals surface area contributed by atoms with Crippen molar-refractivity contribution in [3.8, 4) is 5.69 Å². The van der Waals surface area contributed by atoms with E-state index in [1.807, 2.05) is 24.3 Å². The Hall–Kier alpha value is -3.52. The van der Waals surface area contributed by atoms with Crippen LogP contribution in [0.25, 0.3) is 5.69 Å². The minimum atomic E-state index is -0.450. The van der Waals surface area contributed by atoms with Gasteiger partial charge in [0.15, 0.2) is 5.69 Å². The number of anilines is 1. The second kappa shape index (κ2) is 9.74. The van der Waals surface area contributed by atoms with E-state index >= 15 is 0 Å². The molecule has 1 fully saturated rings. The monoisotopic (exact) mass is 433 g/mol. The highest BCUT2D eigenvalue weighted by Crippen LogP contribution is 2.25. The van der Waals surface area contributed by atoms with Gasteiger partial charge in [0.05, 0.1) is 10.6 Å². The number of hydrogen-bond acceptors (Lipinski definition) is 5. The van der Waals surface area contributed by atoms with Gasteiger partial charge in [-0.15, -0.1) is 0 Å². The average Bonchev–Trinajstić information content (AvgIpc) is 3.31. The van der Waals surface area contributed by atoms with Gasteiger partial charge in [0.1, 0.15) is 0 Å². The van der Waals surface area contributed by atoms with Crippen molar-refractivity contribution in [1.82, 2.24) is 14.7 Å². The third kappa shape index (κ3) is 5.03. The maximum Gasteiger partial charge on any atom is 0.276 e. The highest BCUT2D eigenvalue weighted by atomic mass is 16.6. The maximum atomic E-state index is 12.9. The summed E-state index contributed by atoms with van der Waals surface area (Å²) in [6.45, 7) is 0.776. The van der Waals surface area contributed by atoms with Gasteiger partial charge < -0.3 is 5.32 Å². The lowest BCUT2D eigenvalue weighted by Crippen LogP contribution is -2.33. The average molecular weight is 434 g/mol.